The van der Waals surface area contributed by atoms with Gasteiger partial charge in [-0.2, -0.15) is 0 Å². The number of likely N-dealkylation sites (tertiary alicyclic amines) is 1. The predicted molar refractivity (Wildman–Crippen MR) is 100 cm³/mol. The van der Waals surface area contributed by atoms with E-state index in [-0.39, 0.29) is 24.6 Å². The molecule has 0 radical (unpaired) electrons. The molecule has 3 N–H and O–H groups in total. The van der Waals surface area contributed by atoms with Crippen LogP contribution in [0.15, 0.2) is 42.5 Å². The molecule has 0 aliphatic carbocycles. The van der Waals surface area contributed by atoms with Gasteiger partial charge in [0.1, 0.15) is 23.8 Å². The molecular formula is C20H21FN2O5. The molecule has 0 saturated carbocycles. The molecular weight excluding hydrogens is 367 g/mol. The summed E-state index contributed by atoms with van der Waals surface area (Å²) in [4.78, 5) is 25.0. The van der Waals surface area contributed by atoms with Gasteiger partial charge in [0.25, 0.3) is 0 Å². The number of carbonyl (C=O) groups excluding carboxylic acids is 1. The monoisotopic (exact) mass is 388 g/mol. The highest BCUT2D eigenvalue weighted by Gasteiger charge is 2.34. The van der Waals surface area contributed by atoms with E-state index in [0.29, 0.717) is 18.0 Å². The Morgan fingerprint density at radius 3 is 2.79 bits per heavy atom. The third-order valence-electron chi connectivity index (χ3n) is 4.52. The van der Waals surface area contributed by atoms with E-state index in [0.717, 1.165) is 5.56 Å². The van der Waals surface area contributed by atoms with Crippen LogP contribution in [0.5, 0.6) is 5.75 Å². The summed E-state index contributed by atoms with van der Waals surface area (Å²) in [6, 6.07) is 10.2. The van der Waals surface area contributed by atoms with Crippen LogP contribution in [0.25, 0.3) is 0 Å². The summed E-state index contributed by atoms with van der Waals surface area (Å²) >= 11 is 0. The molecule has 0 aromatic heterocycles. The summed E-state index contributed by atoms with van der Waals surface area (Å²) in [5.41, 5.74) is 1.24. The minimum atomic E-state index is -1.07. The maximum Gasteiger partial charge on any atom is 0.335 e. The molecule has 148 valence electrons. The lowest BCUT2D eigenvalue weighted by atomic mass is 10.2. The van der Waals surface area contributed by atoms with Gasteiger partial charge in [0.05, 0.1) is 12.1 Å². The van der Waals surface area contributed by atoms with Gasteiger partial charge in [0.2, 0.25) is 5.91 Å². The number of carboxylic acids is 1. The number of benzene rings is 2. The van der Waals surface area contributed by atoms with Gasteiger partial charge in [-0.25, -0.2) is 9.18 Å². The van der Waals surface area contributed by atoms with Gasteiger partial charge in [0.15, 0.2) is 0 Å². The van der Waals surface area contributed by atoms with E-state index in [1.54, 1.807) is 30.0 Å². The smallest absolute Gasteiger partial charge is 0.335 e. The summed E-state index contributed by atoms with van der Waals surface area (Å²) < 4.78 is 19.0. The van der Waals surface area contributed by atoms with Crippen molar-refractivity contribution in [2.24, 2.45) is 0 Å². The van der Waals surface area contributed by atoms with Crippen molar-refractivity contribution in [1.29, 1.82) is 0 Å². The summed E-state index contributed by atoms with van der Waals surface area (Å²) in [6.07, 6.45) is -1.41. The average Bonchev–Trinajstić information content (AvgIpc) is 2.97. The van der Waals surface area contributed by atoms with E-state index in [1.165, 1.54) is 24.3 Å². The quantitative estimate of drug-likeness (QED) is 0.699. The van der Waals surface area contributed by atoms with Gasteiger partial charge >= 0.3 is 5.97 Å². The topological polar surface area (TPSA) is 99.1 Å². The van der Waals surface area contributed by atoms with Crippen molar-refractivity contribution in [1.82, 2.24) is 4.90 Å². The molecule has 0 bridgehead atoms. The second kappa shape index (κ2) is 8.37. The Balaban J connectivity index is 1.57. The Morgan fingerprint density at radius 2 is 2.04 bits per heavy atom. The number of anilines is 1. The number of nitrogens with one attached hydrogen (secondary N) is 1. The van der Waals surface area contributed by atoms with Crippen LogP contribution in [0.4, 0.5) is 10.1 Å². The number of amides is 1. The fraction of sp³-hybridized carbons (Fsp3) is 0.300. The molecule has 1 aliphatic rings. The number of aliphatic hydroxyl groups is 1. The highest BCUT2D eigenvalue weighted by atomic mass is 19.1. The number of β-amino-alcohol motifs (C(OH)–C–C–N with tert-alkyl or cyclic N) is 1. The van der Waals surface area contributed by atoms with Gasteiger partial charge in [-0.15, -0.1) is 0 Å². The van der Waals surface area contributed by atoms with Crippen LogP contribution in [0.2, 0.25) is 0 Å². The zero-order valence-corrected chi connectivity index (χ0v) is 15.3. The Bertz CT molecular complexity index is 889. The van der Waals surface area contributed by atoms with E-state index >= 15 is 0 Å². The van der Waals surface area contributed by atoms with Gasteiger partial charge in [-0.3, -0.25) is 9.69 Å². The number of aliphatic hydroxyl groups excluding tert-OH is 1. The Hall–Kier alpha value is -2.97. The number of carboxylic acid groups (broad SMARTS) is 1. The number of aryl methyl sites for hydroxylation is 1. The van der Waals surface area contributed by atoms with Crippen molar-refractivity contribution in [2.75, 3.05) is 25.0 Å². The summed E-state index contributed by atoms with van der Waals surface area (Å²) in [5.74, 6) is -1.49. The normalized spacial score (nSPS) is 19.4. The zero-order valence-electron chi connectivity index (χ0n) is 15.3. The summed E-state index contributed by atoms with van der Waals surface area (Å²) in [7, 11) is 0. The van der Waals surface area contributed by atoms with E-state index in [2.05, 4.69) is 5.32 Å². The minimum absolute atomic E-state index is 0.0159. The molecule has 3 rings (SSSR count). The van der Waals surface area contributed by atoms with Crippen LogP contribution < -0.4 is 10.1 Å². The molecule has 2 aromatic carbocycles. The van der Waals surface area contributed by atoms with E-state index in [4.69, 9.17) is 9.84 Å². The first-order chi connectivity index (χ1) is 13.3. The molecule has 7 nitrogen and oxygen atoms in total. The standard InChI is InChI=1S/C20H21FN2O5/c1-12-5-6-14(21)8-16(12)22-19(25)11-23-9-17(24)18(10-23)28-15-4-2-3-13(7-15)20(26)27/h2-8,17-18,24H,9-11H2,1H3,(H,22,25)(H,26,27)/t17-,18-/m1/s1. The summed E-state index contributed by atoms with van der Waals surface area (Å²) in [6.45, 7) is 2.32. The Morgan fingerprint density at radius 1 is 1.25 bits per heavy atom. The first-order valence-corrected chi connectivity index (χ1v) is 8.78. The van der Waals surface area contributed by atoms with Crippen LogP contribution in [0, 0.1) is 12.7 Å². The fourth-order valence-corrected chi connectivity index (χ4v) is 3.08. The van der Waals surface area contributed by atoms with E-state index in [9.17, 15) is 19.1 Å². The van der Waals surface area contributed by atoms with Crippen molar-refractivity contribution in [2.45, 2.75) is 19.1 Å². The Kier molecular flexibility index (Phi) is 5.91. The summed E-state index contributed by atoms with van der Waals surface area (Å²) in [5, 5.41) is 21.9. The molecule has 8 heteroatoms. The number of halogens is 1. The Labute approximate surface area is 161 Å². The maximum absolute atomic E-state index is 13.3. The molecule has 2 aromatic rings. The number of hydrogen-bond acceptors (Lipinski definition) is 5. The van der Waals surface area contributed by atoms with Crippen LogP contribution in [-0.2, 0) is 4.79 Å². The predicted octanol–water partition coefficient (Wildman–Crippen LogP) is 1.89. The average molecular weight is 388 g/mol. The minimum Gasteiger partial charge on any atom is -0.486 e. The third-order valence-corrected chi connectivity index (χ3v) is 4.52. The second-order valence-electron chi connectivity index (χ2n) is 6.76. The molecule has 1 saturated heterocycles. The van der Waals surface area contributed by atoms with Gasteiger partial charge < -0.3 is 20.3 Å². The lowest BCUT2D eigenvalue weighted by molar-refractivity contribution is -0.117. The molecule has 0 unspecified atom stereocenters. The van der Waals surface area contributed by atoms with Crippen molar-refractivity contribution in [3.05, 3.63) is 59.4 Å². The van der Waals surface area contributed by atoms with Crippen LogP contribution in [0.3, 0.4) is 0 Å². The number of nitrogens with zero attached hydrogens (tertiary/aromatic N) is 1. The number of aromatic carboxylic acids is 1. The molecule has 1 amide bonds. The highest BCUT2D eigenvalue weighted by Crippen LogP contribution is 2.21. The van der Waals surface area contributed by atoms with Crippen molar-refractivity contribution in [3.8, 4) is 5.75 Å². The molecule has 1 fully saturated rings. The number of carbonyl (C=O) groups is 2. The fourth-order valence-electron chi connectivity index (χ4n) is 3.08. The zero-order chi connectivity index (χ0) is 20.3. The molecule has 1 heterocycles. The first-order valence-electron chi connectivity index (χ1n) is 8.78. The molecule has 1 aliphatic heterocycles. The second-order valence-corrected chi connectivity index (χ2v) is 6.76. The van der Waals surface area contributed by atoms with Crippen molar-refractivity contribution in [3.63, 3.8) is 0 Å². The van der Waals surface area contributed by atoms with Crippen LogP contribution in [-0.4, -0.2) is 58.8 Å². The van der Waals surface area contributed by atoms with Crippen molar-refractivity contribution < 1.29 is 28.9 Å². The number of ether oxygens (including phenoxy) is 1. The molecule has 2 atom stereocenters. The van der Waals surface area contributed by atoms with E-state index in [1.807, 2.05) is 0 Å². The number of hydrogen-bond donors (Lipinski definition) is 3. The third kappa shape index (κ3) is 4.85. The van der Waals surface area contributed by atoms with Gasteiger partial charge in [0, 0.05) is 18.8 Å². The van der Waals surface area contributed by atoms with Crippen LogP contribution in [0.1, 0.15) is 15.9 Å². The van der Waals surface area contributed by atoms with Crippen LogP contribution >= 0.6 is 0 Å². The SMILES string of the molecule is Cc1ccc(F)cc1NC(=O)CN1C[C@@H](O)[C@H](Oc2cccc(C(=O)O)c2)C1. The lowest BCUT2D eigenvalue weighted by Gasteiger charge is -2.17. The molecule has 0 spiro atoms. The van der Waals surface area contributed by atoms with E-state index < -0.39 is 24.0 Å². The maximum atomic E-state index is 13.3. The van der Waals surface area contributed by atoms with Gasteiger partial charge in [-0.1, -0.05) is 12.1 Å². The first kappa shape index (κ1) is 19.8. The van der Waals surface area contributed by atoms with Crippen molar-refractivity contribution >= 4 is 17.6 Å². The largest absolute Gasteiger partial charge is 0.486 e. The number of rotatable bonds is 6. The molecule has 28 heavy (non-hydrogen) atoms. The van der Waals surface area contributed by atoms with Gasteiger partial charge in [-0.05, 0) is 42.8 Å². The lowest BCUT2D eigenvalue weighted by Crippen LogP contribution is -2.33. The highest BCUT2D eigenvalue weighted by molar-refractivity contribution is 5.93.